The Morgan fingerprint density at radius 1 is 1.25 bits per heavy atom. The summed E-state index contributed by atoms with van der Waals surface area (Å²) < 4.78 is 0. The highest BCUT2D eigenvalue weighted by molar-refractivity contribution is 5.14. The van der Waals surface area contributed by atoms with Crippen LogP contribution in [0.25, 0.3) is 0 Å². The van der Waals surface area contributed by atoms with E-state index in [1.54, 1.807) is 0 Å². The van der Waals surface area contributed by atoms with Gasteiger partial charge in [0.05, 0.1) is 0 Å². The summed E-state index contributed by atoms with van der Waals surface area (Å²) in [6.07, 6.45) is 2.67. The van der Waals surface area contributed by atoms with Crippen LogP contribution in [-0.4, -0.2) is 43.0 Å². The summed E-state index contributed by atoms with van der Waals surface area (Å²) in [7, 11) is 4.38. The van der Waals surface area contributed by atoms with Crippen molar-refractivity contribution in [2.45, 2.75) is 25.4 Å². The summed E-state index contributed by atoms with van der Waals surface area (Å²) in [4.78, 5) is 4.93. The summed E-state index contributed by atoms with van der Waals surface area (Å²) in [6.45, 7) is 3.56. The molecule has 1 atom stereocenters. The molecule has 0 saturated carbocycles. The van der Waals surface area contributed by atoms with Crippen LogP contribution in [0.2, 0.25) is 0 Å². The molecule has 1 fully saturated rings. The van der Waals surface area contributed by atoms with E-state index in [0.29, 0.717) is 0 Å². The Bertz CT molecular complexity index is 308. The number of hydrogen-bond donors (Lipinski definition) is 0. The van der Waals surface area contributed by atoms with Crippen molar-refractivity contribution < 1.29 is 0 Å². The van der Waals surface area contributed by atoms with Crippen molar-refractivity contribution in [2.24, 2.45) is 0 Å². The second-order valence-electron chi connectivity index (χ2n) is 4.98. The molecule has 1 unspecified atom stereocenters. The number of likely N-dealkylation sites (tertiary alicyclic amines) is 1. The van der Waals surface area contributed by atoms with Gasteiger partial charge in [-0.1, -0.05) is 30.3 Å². The molecule has 0 aromatic heterocycles. The zero-order chi connectivity index (χ0) is 11.4. The first kappa shape index (κ1) is 11.6. The van der Waals surface area contributed by atoms with E-state index in [9.17, 15) is 0 Å². The Hall–Kier alpha value is -0.860. The van der Waals surface area contributed by atoms with Gasteiger partial charge < -0.3 is 4.90 Å². The fraction of sp³-hybridized carbons (Fsp3) is 0.571. The largest absolute Gasteiger partial charge is 0.305 e. The zero-order valence-electron chi connectivity index (χ0n) is 10.4. The average molecular weight is 218 g/mol. The highest BCUT2D eigenvalue weighted by atomic mass is 15.2. The van der Waals surface area contributed by atoms with E-state index in [0.717, 1.165) is 12.6 Å². The average Bonchev–Trinajstić information content (AvgIpc) is 2.30. The van der Waals surface area contributed by atoms with Crippen LogP contribution in [0.3, 0.4) is 0 Å². The molecule has 0 aliphatic carbocycles. The van der Waals surface area contributed by atoms with Crippen LogP contribution in [0.4, 0.5) is 0 Å². The predicted molar refractivity (Wildman–Crippen MR) is 68.4 cm³/mol. The topological polar surface area (TPSA) is 6.48 Å². The van der Waals surface area contributed by atoms with Crippen LogP contribution in [0.1, 0.15) is 18.4 Å². The Kier molecular flexibility index (Phi) is 3.97. The Morgan fingerprint density at radius 2 is 2.00 bits per heavy atom. The van der Waals surface area contributed by atoms with Crippen molar-refractivity contribution in [2.75, 3.05) is 27.2 Å². The van der Waals surface area contributed by atoms with Gasteiger partial charge in [-0.3, -0.25) is 4.90 Å². The van der Waals surface area contributed by atoms with Gasteiger partial charge in [0, 0.05) is 19.1 Å². The van der Waals surface area contributed by atoms with Crippen molar-refractivity contribution in [1.82, 2.24) is 9.80 Å². The number of hydrogen-bond acceptors (Lipinski definition) is 2. The Labute approximate surface area is 98.9 Å². The lowest BCUT2D eigenvalue weighted by molar-refractivity contribution is 0.128. The lowest BCUT2D eigenvalue weighted by Crippen LogP contribution is -2.44. The van der Waals surface area contributed by atoms with Gasteiger partial charge in [0.2, 0.25) is 0 Å². The molecule has 1 aromatic carbocycles. The normalized spacial score (nSPS) is 22.6. The summed E-state index contributed by atoms with van der Waals surface area (Å²) in [5.41, 5.74) is 1.43. The maximum absolute atomic E-state index is 2.57. The molecule has 0 bridgehead atoms. The van der Waals surface area contributed by atoms with Gasteiger partial charge in [-0.15, -0.1) is 0 Å². The molecule has 0 N–H and O–H groups in total. The number of nitrogens with zero attached hydrogens (tertiary/aromatic N) is 2. The summed E-state index contributed by atoms with van der Waals surface area (Å²) >= 11 is 0. The highest BCUT2D eigenvalue weighted by Crippen LogP contribution is 2.16. The van der Waals surface area contributed by atoms with Crippen LogP contribution in [0, 0.1) is 0 Å². The van der Waals surface area contributed by atoms with Gasteiger partial charge in [-0.05, 0) is 39.0 Å². The van der Waals surface area contributed by atoms with E-state index in [-0.39, 0.29) is 0 Å². The minimum Gasteiger partial charge on any atom is -0.305 e. The third-order valence-corrected chi connectivity index (χ3v) is 3.46. The Morgan fingerprint density at radius 3 is 2.69 bits per heavy atom. The van der Waals surface area contributed by atoms with E-state index in [4.69, 9.17) is 0 Å². The van der Waals surface area contributed by atoms with Gasteiger partial charge in [-0.25, -0.2) is 0 Å². The van der Waals surface area contributed by atoms with Crippen molar-refractivity contribution >= 4 is 0 Å². The molecular formula is C14H22N2. The molecule has 0 radical (unpaired) electrons. The lowest BCUT2D eigenvalue weighted by Gasteiger charge is -2.36. The van der Waals surface area contributed by atoms with Gasteiger partial charge >= 0.3 is 0 Å². The maximum Gasteiger partial charge on any atom is 0.0234 e. The maximum atomic E-state index is 2.57. The van der Waals surface area contributed by atoms with Crippen LogP contribution >= 0.6 is 0 Å². The minimum absolute atomic E-state index is 0.734. The SMILES string of the molecule is CN(C)C1CCCN(Cc2ccccc2)C1. The molecule has 1 aliphatic rings. The van der Waals surface area contributed by atoms with E-state index in [1.165, 1.54) is 31.5 Å². The zero-order valence-corrected chi connectivity index (χ0v) is 10.4. The molecule has 2 nitrogen and oxygen atoms in total. The van der Waals surface area contributed by atoms with Gasteiger partial charge in [0.25, 0.3) is 0 Å². The van der Waals surface area contributed by atoms with Crippen molar-refractivity contribution in [3.05, 3.63) is 35.9 Å². The first-order chi connectivity index (χ1) is 7.75. The first-order valence-electron chi connectivity index (χ1n) is 6.18. The summed E-state index contributed by atoms with van der Waals surface area (Å²) in [5.74, 6) is 0. The number of rotatable bonds is 3. The molecule has 0 amide bonds. The second kappa shape index (κ2) is 5.46. The monoisotopic (exact) mass is 218 g/mol. The highest BCUT2D eigenvalue weighted by Gasteiger charge is 2.20. The molecule has 1 saturated heterocycles. The number of benzene rings is 1. The van der Waals surface area contributed by atoms with Crippen molar-refractivity contribution in [3.63, 3.8) is 0 Å². The molecule has 1 heterocycles. The molecule has 2 heteroatoms. The third kappa shape index (κ3) is 3.06. The van der Waals surface area contributed by atoms with Crippen molar-refractivity contribution in [3.8, 4) is 0 Å². The fourth-order valence-electron chi connectivity index (χ4n) is 2.44. The smallest absolute Gasteiger partial charge is 0.0234 e. The van der Waals surface area contributed by atoms with E-state index in [1.807, 2.05) is 0 Å². The predicted octanol–water partition coefficient (Wildman–Crippen LogP) is 2.21. The summed E-state index contributed by atoms with van der Waals surface area (Å²) in [6, 6.07) is 11.5. The van der Waals surface area contributed by atoms with Gasteiger partial charge in [0.1, 0.15) is 0 Å². The van der Waals surface area contributed by atoms with Gasteiger partial charge in [0.15, 0.2) is 0 Å². The molecule has 1 aliphatic heterocycles. The molecule has 0 spiro atoms. The van der Waals surface area contributed by atoms with Crippen LogP contribution < -0.4 is 0 Å². The van der Waals surface area contributed by atoms with Crippen molar-refractivity contribution in [1.29, 1.82) is 0 Å². The van der Waals surface area contributed by atoms with Crippen LogP contribution in [0.15, 0.2) is 30.3 Å². The second-order valence-corrected chi connectivity index (χ2v) is 4.98. The third-order valence-electron chi connectivity index (χ3n) is 3.46. The molecule has 1 aromatic rings. The van der Waals surface area contributed by atoms with E-state index < -0.39 is 0 Å². The molecule has 16 heavy (non-hydrogen) atoms. The minimum atomic E-state index is 0.734. The fourth-order valence-corrected chi connectivity index (χ4v) is 2.44. The molecular weight excluding hydrogens is 196 g/mol. The molecule has 88 valence electrons. The first-order valence-corrected chi connectivity index (χ1v) is 6.18. The number of likely N-dealkylation sites (N-methyl/N-ethyl adjacent to an activating group) is 1. The lowest BCUT2D eigenvalue weighted by atomic mass is 10.0. The number of piperidine rings is 1. The van der Waals surface area contributed by atoms with E-state index >= 15 is 0 Å². The van der Waals surface area contributed by atoms with Crippen LogP contribution in [-0.2, 0) is 6.54 Å². The summed E-state index contributed by atoms with van der Waals surface area (Å²) in [5, 5.41) is 0. The standard InChI is InChI=1S/C14H22N2/c1-15(2)14-9-6-10-16(12-14)11-13-7-4-3-5-8-13/h3-5,7-8,14H,6,9-12H2,1-2H3. The quantitative estimate of drug-likeness (QED) is 0.767. The molecule has 2 rings (SSSR count). The van der Waals surface area contributed by atoms with E-state index in [2.05, 4.69) is 54.2 Å². The van der Waals surface area contributed by atoms with Gasteiger partial charge in [-0.2, -0.15) is 0 Å². The van der Waals surface area contributed by atoms with Crippen LogP contribution in [0.5, 0.6) is 0 Å². The Balaban J connectivity index is 1.90.